The highest BCUT2D eigenvalue weighted by atomic mass is 16.5. The molecule has 0 aliphatic heterocycles. The van der Waals surface area contributed by atoms with E-state index in [2.05, 4.69) is 10.3 Å². The molecule has 4 N–H and O–H groups in total. The number of esters is 1. The standard InChI is InChI=1S/C22H23N3O4/c1-13-19(16-10-6-7-11-17(16)24-13)20(26)14(2)29-21(27)18(25-22(23)28)12-15-8-4-3-5-9-15/h3-11,14,18,24H,12H2,1-2H3,(H3,23,25,28)/t14-,18+/m1/s1. The molecule has 0 saturated carbocycles. The lowest BCUT2D eigenvalue weighted by Crippen LogP contribution is -2.47. The van der Waals surface area contributed by atoms with Crippen molar-refractivity contribution in [1.29, 1.82) is 0 Å². The molecule has 0 unspecified atom stereocenters. The second-order valence-corrected chi connectivity index (χ2v) is 6.86. The highest BCUT2D eigenvalue weighted by Crippen LogP contribution is 2.24. The van der Waals surface area contributed by atoms with Crippen LogP contribution in [0.5, 0.6) is 0 Å². The number of aromatic amines is 1. The molecule has 2 aromatic carbocycles. The van der Waals surface area contributed by atoms with Crippen molar-refractivity contribution in [1.82, 2.24) is 10.3 Å². The maximum absolute atomic E-state index is 13.0. The Kier molecular flexibility index (Phi) is 5.97. The molecule has 2 atom stereocenters. The SMILES string of the molecule is Cc1[nH]c2ccccc2c1C(=O)[C@@H](C)OC(=O)[C@H](Cc1ccccc1)NC(N)=O. The van der Waals surface area contributed by atoms with Crippen LogP contribution >= 0.6 is 0 Å². The van der Waals surface area contributed by atoms with E-state index in [0.29, 0.717) is 11.3 Å². The van der Waals surface area contributed by atoms with Crippen LogP contribution < -0.4 is 11.1 Å². The fourth-order valence-electron chi connectivity index (χ4n) is 3.32. The number of hydrogen-bond donors (Lipinski definition) is 3. The second kappa shape index (κ2) is 8.60. The van der Waals surface area contributed by atoms with Crippen LogP contribution in [-0.2, 0) is 16.0 Å². The largest absolute Gasteiger partial charge is 0.453 e. The summed E-state index contributed by atoms with van der Waals surface area (Å²) in [4.78, 5) is 40.1. The summed E-state index contributed by atoms with van der Waals surface area (Å²) in [6, 6.07) is 14.8. The topological polar surface area (TPSA) is 114 Å². The number of nitrogens with one attached hydrogen (secondary N) is 2. The molecule has 0 aliphatic rings. The minimum atomic E-state index is -1.02. The van der Waals surface area contributed by atoms with Crippen molar-refractivity contribution in [2.75, 3.05) is 0 Å². The summed E-state index contributed by atoms with van der Waals surface area (Å²) in [7, 11) is 0. The molecule has 29 heavy (non-hydrogen) atoms. The first-order valence-corrected chi connectivity index (χ1v) is 9.28. The van der Waals surface area contributed by atoms with E-state index < -0.39 is 24.1 Å². The monoisotopic (exact) mass is 393 g/mol. The van der Waals surface area contributed by atoms with Gasteiger partial charge in [0.25, 0.3) is 0 Å². The lowest BCUT2D eigenvalue weighted by molar-refractivity contribution is -0.148. The van der Waals surface area contributed by atoms with E-state index in [0.717, 1.165) is 16.5 Å². The quantitative estimate of drug-likeness (QED) is 0.423. The van der Waals surface area contributed by atoms with Crippen molar-refractivity contribution in [3.8, 4) is 0 Å². The van der Waals surface area contributed by atoms with Gasteiger partial charge in [-0.25, -0.2) is 9.59 Å². The van der Waals surface area contributed by atoms with E-state index in [-0.39, 0.29) is 12.2 Å². The summed E-state index contributed by atoms with van der Waals surface area (Å²) in [6.07, 6.45) is -0.816. The first-order valence-electron chi connectivity index (χ1n) is 9.28. The Morgan fingerprint density at radius 3 is 2.41 bits per heavy atom. The van der Waals surface area contributed by atoms with Crippen LogP contribution in [0.1, 0.15) is 28.5 Å². The second-order valence-electron chi connectivity index (χ2n) is 6.86. The number of primary amides is 1. The Morgan fingerprint density at radius 2 is 1.72 bits per heavy atom. The predicted octanol–water partition coefficient (Wildman–Crippen LogP) is 2.87. The predicted molar refractivity (Wildman–Crippen MR) is 110 cm³/mol. The summed E-state index contributed by atoms with van der Waals surface area (Å²) in [6.45, 7) is 3.32. The summed E-state index contributed by atoms with van der Waals surface area (Å²) in [5, 5.41) is 3.17. The van der Waals surface area contributed by atoms with Gasteiger partial charge in [-0.2, -0.15) is 0 Å². The Morgan fingerprint density at radius 1 is 1.07 bits per heavy atom. The average Bonchev–Trinajstić information content (AvgIpc) is 3.02. The zero-order valence-corrected chi connectivity index (χ0v) is 16.3. The van der Waals surface area contributed by atoms with Crippen LogP contribution in [0.25, 0.3) is 10.9 Å². The Bertz CT molecular complexity index is 1040. The van der Waals surface area contributed by atoms with Gasteiger partial charge in [-0.3, -0.25) is 4.79 Å². The number of rotatable bonds is 7. The van der Waals surface area contributed by atoms with Crippen LogP contribution in [0, 0.1) is 6.92 Å². The molecule has 0 saturated heterocycles. The number of carbonyl (C=O) groups excluding carboxylic acids is 3. The highest BCUT2D eigenvalue weighted by Gasteiger charge is 2.28. The van der Waals surface area contributed by atoms with E-state index in [4.69, 9.17) is 10.5 Å². The number of ketones is 1. The molecule has 0 spiro atoms. The van der Waals surface area contributed by atoms with E-state index in [1.807, 2.05) is 54.6 Å². The molecule has 0 fully saturated rings. The molecule has 3 rings (SSSR count). The Hall–Kier alpha value is -3.61. The number of carbonyl (C=O) groups is 3. The molecule has 0 radical (unpaired) electrons. The third kappa shape index (κ3) is 4.63. The van der Waals surface area contributed by atoms with Gasteiger partial charge in [0.15, 0.2) is 6.10 Å². The van der Waals surface area contributed by atoms with Crippen molar-refractivity contribution in [2.45, 2.75) is 32.4 Å². The minimum absolute atomic E-state index is 0.204. The fraction of sp³-hybridized carbons (Fsp3) is 0.227. The molecule has 150 valence electrons. The van der Waals surface area contributed by atoms with Crippen LogP contribution in [0.4, 0.5) is 4.79 Å². The molecule has 0 bridgehead atoms. The average molecular weight is 393 g/mol. The number of aryl methyl sites for hydroxylation is 1. The highest BCUT2D eigenvalue weighted by molar-refractivity contribution is 6.11. The number of urea groups is 1. The number of fused-ring (bicyclic) bond motifs is 1. The Balaban J connectivity index is 1.77. The van der Waals surface area contributed by atoms with Crippen molar-refractivity contribution in [2.24, 2.45) is 5.73 Å². The number of H-pyrrole nitrogens is 1. The van der Waals surface area contributed by atoms with E-state index in [1.165, 1.54) is 6.92 Å². The normalized spacial score (nSPS) is 12.9. The first-order chi connectivity index (χ1) is 13.9. The lowest BCUT2D eigenvalue weighted by Gasteiger charge is -2.19. The van der Waals surface area contributed by atoms with Gasteiger partial charge < -0.3 is 20.8 Å². The van der Waals surface area contributed by atoms with Gasteiger partial charge in [-0.15, -0.1) is 0 Å². The Labute approximate surface area is 168 Å². The van der Waals surface area contributed by atoms with Gasteiger partial charge in [0.1, 0.15) is 6.04 Å². The van der Waals surface area contributed by atoms with Gasteiger partial charge in [-0.05, 0) is 25.5 Å². The van der Waals surface area contributed by atoms with Crippen molar-refractivity contribution in [3.05, 3.63) is 71.4 Å². The number of nitrogens with two attached hydrogens (primary N) is 1. The van der Waals surface area contributed by atoms with E-state index in [1.54, 1.807) is 6.92 Å². The lowest BCUT2D eigenvalue weighted by atomic mass is 10.0. The van der Waals surface area contributed by atoms with Crippen LogP contribution in [0.2, 0.25) is 0 Å². The maximum Gasteiger partial charge on any atom is 0.329 e. The minimum Gasteiger partial charge on any atom is -0.453 e. The number of para-hydroxylation sites is 1. The number of amides is 2. The number of Topliss-reactive ketones (excluding diaryl/α,β-unsaturated/α-hetero) is 1. The van der Waals surface area contributed by atoms with Gasteiger partial charge in [0.05, 0.1) is 0 Å². The smallest absolute Gasteiger partial charge is 0.329 e. The molecule has 7 heteroatoms. The van der Waals surface area contributed by atoms with Gasteiger partial charge in [0, 0.05) is 28.6 Å². The van der Waals surface area contributed by atoms with Gasteiger partial charge >= 0.3 is 12.0 Å². The molecule has 3 aromatic rings. The third-order valence-electron chi connectivity index (χ3n) is 4.69. The van der Waals surface area contributed by atoms with E-state index >= 15 is 0 Å². The molecule has 1 heterocycles. The molecule has 0 aliphatic carbocycles. The molecule has 7 nitrogen and oxygen atoms in total. The fourth-order valence-corrected chi connectivity index (χ4v) is 3.32. The molecular weight excluding hydrogens is 370 g/mol. The van der Waals surface area contributed by atoms with Crippen LogP contribution in [0.15, 0.2) is 54.6 Å². The molecule has 2 amide bonds. The zero-order chi connectivity index (χ0) is 21.0. The van der Waals surface area contributed by atoms with Crippen molar-refractivity contribution in [3.63, 3.8) is 0 Å². The van der Waals surface area contributed by atoms with Crippen molar-refractivity contribution >= 4 is 28.7 Å². The van der Waals surface area contributed by atoms with Crippen molar-refractivity contribution < 1.29 is 19.1 Å². The van der Waals surface area contributed by atoms with E-state index in [9.17, 15) is 14.4 Å². The first kappa shape index (κ1) is 20.1. The summed E-state index contributed by atoms with van der Waals surface area (Å²) < 4.78 is 5.40. The third-order valence-corrected chi connectivity index (χ3v) is 4.69. The molecular formula is C22H23N3O4. The van der Waals surface area contributed by atoms with Crippen LogP contribution in [0.3, 0.4) is 0 Å². The maximum atomic E-state index is 13.0. The van der Waals surface area contributed by atoms with Gasteiger partial charge in [0.2, 0.25) is 5.78 Å². The number of aromatic nitrogens is 1. The number of benzene rings is 2. The summed E-state index contributed by atoms with van der Waals surface area (Å²) in [5.74, 6) is -1.03. The molecule has 1 aromatic heterocycles. The number of ether oxygens (including phenoxy) is 1. The van der Waals surface area contributed by atoms with Gasteiger partial charge in [-0.1, -0.05) is 48.5 Å². The summed E-state index contributed by atoms with van der Waals surface area (Å²) >= 11 is 0. The summed E-state index contributed by atoms with van der Waals surface area (Å²) in [5.41, 5.74) is 8.06. The van der Waals surface area contributed by atoms with Crippen LogP contribution in [-0.4, -0.2) is 34.9 Å². The number of hydrogen-bond acceptors (Lipinski definition) is 4. The zero-order valence-electron chi connectivity index (χ0n) is 16.3.